The number of hydrogen-bond acceptors (Lipinski definition) is 4. The molecule has 0 unspecified atom stereocenters. The van der Waals surface area contributed by atoms with Crippen molar-refractivity contribution in [1.82, 2.24) is 24.5 Å². The van der Waals surface area contributed by atoms with Gasteiger partial charge in [0.05, 0.1) is 35.8 Å². The molecule has 0 fully saturated rings. The predicted molar refractivity (Wildman–Crippen MR) is 102 cm³/mol. The Morgan fingerprint density at radius 1 is 1.37 bits per heavy atom. The number of rotatable bonds is 4. The van der Waals surface area contributed by atoms with Gasteiger partial charge in [0, 0.05) is 24.7 Å². The zero-order valence-electron chi connectivity index (χ0n) is 16.2. The summed E-state index contributed by atoms with van der Waals surface area (Å²) < 4.78 is 9.67. The molecule has 2 atom stereocenters. The number of pyridine rings is 1. The Kier molecular flexibility index (Phi) is 4.47. The van der Waals surface area contributed by atoms with Crippen molar-refractivity contribution in [3.05, 3.63) is 52.7 Å². The number of ether oxygens (including phenoxy) is 1. The van der Waals surface area contributed by atoms with Crippen LogP contribution >= 0.6 is 0 Å². The molecule has 1 N–H and O–H groups in total. The minimum Gasteiger partial charge on any atom is -0.369 e. The maximum Gasteiger partial charge on any atom is 0.270 e. The fourth-order valence-electron chi connectivity index (χ4n) is 3.90. The summed E-state index contributed by atoms with van der Waals surface area (Å²) >= 11 is 0. The Hall–Kier alpha value is -2.67. The first-order valence-corrected chi connectivity index (χ1v) is 9.45. The number of nitrogens with one attached hydrogen (secondary N) is 1. The van der Waals surface area contributed by atoms with Crippen LogP contribution in [0.5, 0.6) is 0 Å². The highest BCUT2D eigenvalue weighted by Gasteiger charge is 2.31. The SMILES string of the molecule is CCn1nc2c(c1C(=O)NCc1c(C)nc3ccccn13)C[C@H](C)O[C@@H]2C. The lowest BCUT2D eigenvalue weighted by molar-refractivity contribution is -0.00712. The van der Waals surface area contributed by atoms with E-state index in [1.165, 1.54) is 0 Å². The molecule has 1 aliphatic heterocycles. The maximum atomic E-state index is 13.1. The predicted octanol–water partition coefficient (Wildman–Crippen LogP) is 2.81. The first kappa shape index (κ1) is 17.7. The first-order valence-electron chi connectivity index (χ1n) is 9.45. The molecule has 4 heterocycles. The molecule has 4 rings (SSSR count). The molecule has 0 radical (unpaired) electrons. The molecule has 3 aromatic heterocycles. The van der Waals surface area contributed by atoms with E-state index in [2.05, 4.69) is 15.4 Å². The number of fused-ring (bicyclic) bond motifs is 2. The summed E-state index contributed by atoms with van der Waals surface area (Å²) in [7, 11) is 0. The topological polar surface area (TPSA) is 73.5 Å². The molecule has 3 aromatic rings. The van der Waals surface area contributed by atoms with Crippen molar-refractivity contribution >= 4 is 11.6 Å². The van der Waals surface area contributed by atoms with E-state index in [1.54, 1.807) is 4.68 Å². The number of nitrogens with zero attached hydrogens (tertiary/aromatic N) is 4. The van der Waals surface area contributed by atoms with Gasteiger partial charge in [0.15, 0.2) is 0 Å². The number of carbonyl (C=O) groups is 1. The van der Waals surface area contributed by atoms with Crippen LogP contribution in [0.2, 0.25) is 0 Å². The van der Waals surface area contributed by atoms with Crippen molar-refractivity contribution in [3.8, 4) is 0 Å². The monoisotopic (exact) mass is 367 g/mol. The van der Waals surface area contributed by atoms with Gasteiger partial charge < -0.3 is 14.5 Å². The molecule has 0 saturated heterocycles. The largest absolute Gasteiger partial charge is 0.369 e. The van der Waals surface area contributed by atoms with Crippen LogP contribution in [0.25, 0.3) is 5.65 Å². The van der Waals surface area contributed by atoms with Crippen LogP contribution in [0.1, 0.15) is 60.0 Å². The lowest BCUT2D eigenvalue weighted by Gasteiger charge is -2.24. The summed E-state index contributed by atoms with van der Waals surface area (Å²) in [5.41, 5.74) is 5.33. The van der Waals surface area contributed by atoms with E-state index in [4.69, 9.17) is 4.74 Å². The van der Waals surface area contributed by atoms with Crippen LogP contribution in [0.4, 0.5) is 0 Å². The zero-order valence-corrected chi connectivity index (χ0v) is 16.2. The molecule has 27 heavy (non-hydrogen) atoms. The number of hydrogen-bond donors (Lipinski definition) is 1. The van der Waals surface area contributed by atoms with E-state index in [0.717, 1.165) is 28.3 Å². The summed E-state index contributed by atoms with van der Waals surface area (Å²) in [4.78, 5) is 17.6. The van der Waals surface area contributed by atoms with Gasteiger partial charge in [-0.25, -0.2) is 4.98 Å². The molecule has 1 aliphatic rings. The average molecular weight is 367 g/mol. The third-order valence-corrected chi connectivity index (χ3v) is 5.15. The average Bonchev–Trinajstić information content (AvgIpc) is 3.16. The van der Waals surface area contributed by atoms with E-state index >= 15 is 0 Å². The molecule has 0 aliphatic carbocycles. The number of aryl methyl sites for hydroxylation is 2. The number of imidazole rings is 1. The van der Waals surface area contributed by atoms with Crippen molar-refractivity contribution in [1.29, 1.82) is 0 Å². The van der Waals surface area contributed by atoms with Crippen molar-refractivity contribution in [2.75, 3.05) is 0 Å². The van der Waals surface area contributed by atoms with Crippen LogP contribution in [0.15, 0.2) is 24.4 Å². The van der Waals surface area contributed by atoms with Gasteiger partial charge in [0.1, 0.15) is 11.3 Å². The molecule has 7 heteroatoms. The summed E-state index contributed by atoms with van der Waals surface area (Å²) in [6.45, 7) is 9.05. The second-order valence-corrected chi connectivity index (χ2v) is 7.08. The quantitative estimate of drug-likeness (QED) is 0.770. The highest BCUT2D eigenvalue weighted by molar-refractivity contribution is 5.94. The van der Waals surface area contributed by atoms with Crippen LogP contribution in [-0.4, -0.2) is 31.2 Å². The number of amides is 1. The van der Waals surface area contributed by atoms with Crippen LogP contribution < -0.4 is 5.32 Å². The van der Waals surface area contributed by atoms with Crippen LogP contribution in [0, 0.1) is 6.92 Å². The molecular weight excluding hydrogens is 342 g/mol. The fourth-order valence-corrected chi connectivity index (χ4v) is 3.90. The summed E-state index contributed by atoms with van der Waals surface area (Å²) in [5.74, 6) is -0.0998. The smallest absolute Gasteiger partial charge is 0.270 e. The van der Waals surface area contributed by atoms with Crippen molar-refractivity contribution in [3.63, 3.8) is 0 Å². The van der Waals surface area contributed by atoms with Gasteiger partial charge in [0.25, 0.3) is 5.91 Å². The summed E-state index contributed by atoms with van der Waals surface area (Å²) in [6, 6.07) is 5.88. The van der Waals surface area contributed by atoms with Gasteiger partial charge in [-0.2, -0.15) is 5.10 Å². The van der Waals surface area contributed by atoms with Gasteiger partial charge in [-0.1, -0.05) is 6.07 Å². The normalized spacial score (nSPS) is 19.3. The molecule has 0 spiro atoms. The minimum atomic E-state index is -0.0998. The Balaban J connectivity index is 1.63. The molecular formula is C20H25N5O2. The number of aromatic nitrogens is 4. The third-order valence-electron chi connectivity index (χ3n) is 5.15. The van der Waals surface area contributed by atoms with Crippen LogP contribution in [0.3, 0.4) is 0 Å². The third kappa shape index (κ3) is 3.02. The minimum absolute atomic E-state index is 0.0783. The Morgan fingerprint density at radius 2 is 2.19 bits per heavy atom. The van der Waals surface area contributed by atoms with Crippen molar-refractivity contribution in [2.45, 2.75) is 59.4 Å². The first-order chi connectivity index (χ1) is 13.0. The van der Waals surface area contributed by atoms with Gasteiger partial charge >= 0.3 is 0 Å². The summed E-state index contributed by atoms with van der Waals surface area (Å²) in [6.07, 6.45) is 2.66. The van der Waals surface area contributed by atoms with E-state index < -0.39 is 0 Å². The lowest BCUT2D eigenvalue weighted by atomic mass is 9.99. The standard InChI is InChI=1S/C20H25N5O2/c1-5-25-19(15-10-12(2)27-14(4)18(15)23-25)20(26)21-11-16-13(3)22-17-8-6-7-9-24(16)17/h6-9,12,14H,5,10-11H2,1-4H3,(H,21,26)/t12-,14+/m0/s1. The van der Waals surface area contributed by atoms with E-state index in [0.29, 0.717) is 25.2 Å². The van der Waals surface area contributed by atoms with Crippen molar-refractivity contribution < 1.29 is 9.53 Å². The van der Waals surface area contributed by atoms with Gasteiger partial charge in [-0.15, -0.1) is 0 Å². The van der Waals surface area contributed by atoms with E-state index in [-0.39, 0.29) is 18.1 Å². The highest BCUT2D eigenvalue weighted by atomic mass is 16.5. The van der Waals surface area contributed by atoms with Gasteiger partial charge in [-0.05, 0) is 39.8 Å². The maximum absolute atomic E-state index is 13.1. The Bertz CT molecular complexity index is 1000. The van der Waals surface area contributed by atoms with Gasteiger partial charge in [0.2, 0.25) is 0 Å². The second kappa shape index (κ2) is 6.81. The lowest BCUT2D eigenvalue weighted by Crippen LogP contribution is -2.29. The second-order valence-electron chi connectivity index (χ2n) is 7.08. The molecule has 0 aromatic carbocycles. The zero-order chi connectivity index (χ0) is 19.1. The summed E-state index contributed by atoms with van der Waals surface area (Å²) in [5, 5.41) is 7.71. The van der Waals surface area contributed by atoms with Crippen molar-refractivity contribution in [2.24, 2.45) is 0 Å². The van der Waals surface area contributed by atoms with Gasteiger partial charge in [-0.3, -0.25) is 9.48 Å². The Labute approximate surface area is 158 Å². The van der Waals surface area contributed by atoms with Crippen LogP contribution in [-0.2, 0) is 24.2 Å². The fraction of sp³-hybridized carbons (Fsp3) is 0.450. The Morgan fingerprint density at radius 3 is 2.96 bits per heavy atom. The molecule has 0 saturated carbocycles. The molecule has 7 nitrogen and oxygen atoms in total. The molecule has 0 bridgehead atoms. The van der Waals surface area contributed by atoms with E-state index in [9.17, 15) is 4.79 Å². The van der Waals surface area contributed by atoms with E-state index in [1.807, 2.05) is 56.5 Å². The molecule has 142 valence electrons. The highest BCUT2D eigenvalue weighted by Crippen LogP contribution is 2.31. The molecule has 1 amide bonds. The number of carbonyl (C=O) groups excluding carboxylic acids is 1.